The summed E-state index contributed by atoms with van der Waals surface area (Å²) < 4.78 is 18.8. The normalized spacial score (nSPS) is 15.3. The molecule has 2 aromatic carbocycles. The van der Waals surface area contributed by atoms with Gasteiger partial charge in [0.25, 0.3) is 0 Å². The molecule has 32 heavy (non-hydrogen) atoms. The molecule has 166 valence electrons. The molecule has 2 heterocycles. The number of piperidine rings is 1. The second kappa shape index (κ2) is 9.77. The Kier molecular flexibility index (Phi) is 6.63. The number of amides is 1. The zero-order valence-corrected chi connectivity index (χ0v) is 18.3. The predicted molar refractivity (Wildman–Crippen MR) is 122 cm³/mol. The van der Waals surface area contributed by atoms with Crippen LogP contribution < -0.4 is 15.0 Å². The van der Waals surface area contributed by atoms with E-state index < -0.39 is 0 Å². The van der Waals surface area contributed by atoms with Gasteiger partial charge in [-0.2, -0.15) is 0 Å². The third kappa shape index (κ3) is 5.04. The smallest absolute Gasteiger partial charge is 0.223 e. The fraction of sp³-hybridized carbons (Fsp3) is 0.320. The molecule has 0 spiro atoms. The number of nitrogens with one attached hydrogen (secondary N) is 1. The van der Waals surface area contributed by atoms with E-state index in [0.29, 0.717) is 5.69 Å². The van der Waals surface area contributed by atoms with Crippen LogP contribution in [-0.2, 0) is 4.79 Å². The van der Waals surface area contributed by atoms with Crippen molar-refractivity contribution in [2.75, 3.05) is 25.1 Å². The first-order chi connectivity index (χ1) is 15.5. The molecule has 3 aromatic rings. The Labute approximate surface area is 187 Å². The Morgan fingerprint density at radius 1 is 1.12 bits per heavy atom. The maximum absolute atomic E-state index is 13.6. The van der Waals surface area contributed by atoms with Gasteiger partial charge >= 0.3 is 0 Å². The van der Waals surface area contributed by atoms with Crippen LogP contribution >= 0.6 is 0 Å². The first-order valence-electron chi connectivity index (χ1n) is 10.8. The number of carbonyl (C=O) groups excluding carboxylic acids is 1. The highest BCUT2D eigenvalue weighted by atomic mass is 19.1. The van der Waals surface area contributed by atoms with Gasteiger partial charge in [-0.05, 0) is 49.6 Å². The summed E-state index contributed by atoms with van der Waals surface area (Å²) in [5.74, 6) is 1.31. The molecule has 0 aliphatic carbocycles. The van der Waals surface area contributed by atoms with Crippen molar-refractivity contribution < 1.29 is 13.9 Å². The fourth-order valence-electron chi connectivity index (χ4n) is 4.02. The van der Waals surface area contributed by atoms with Crippen LogP contribution in [0.15, 0.2) is 60.9 Å². The summed E-state index contributed by atoms with van der Waals surface area (Å²) >= 11 is 0. The summed E-state index contributed by atoms with van der Waals surface area (Å²) in [7, 11) is 1.63. The van der Waals surface area contributed by atoms with Crippen molar-refractivity contribution in [3.05, 3.63) is 72.3 Å². The molecule has 0 radical (unpaired) electrons. The molecule has 1 N–H and O–H groups in total. The summed E-state index contributed by atoms with van der Waals surface area (Å²) in [5.41, 5.74) is 2.41. The largest absolute Gasteiger partial charge is 0.497 e. The number of anilines is 1. The number of hydrogen-bond acceptors (Lipinski definition) is 5. The molecule has 1 aliphatic rings. The average molecular weight is 435 g/mol. The van der Waals surface area contributed by atoms with E-state index in [1.807, 2.05) is 43.3 Å². The Morgan fingerprint density at radius 3 is 2.66 bits per heavy atom. The number of nitrogens with zero attached hydrogens (tertiary/aromatic N) is 3. The van der Waals surface area contributed by atoms with Crippen LogP contribution in [0.1, 0.15) is 31.4 Å². The highest BCUT2D eigenvalue weighted by Gasteiger charge is 2.27. The number of ether oxygens (including phenoxy) is 1. The molecule has 0 bridgehead atoms. The van der Waals surface area contributed by atoms with Gasteiger partial charge in [-0.15, -0.1) is 0 Å². The first-order valence-corrected chi connectivity index (χ1v) is 10.8. The Morgan fingerprint density at radius 2 is 1.91 bits per heavy atom. The minimum atomic E-state index is -0.294. The van der Waals surface area contributed by atoms with Crippen LogP contribution in [0.4, 0.5) is 10.2 Å². The number of carbonyl (C=O) groups is 1. The van der Waals surface area contributed by atoms with Gasteiger partial charge in [-0.25, -0.2) is 14.4 Å². The molecular weight excluding hydrogens is 407 g/mol. The summed E-state index contributed by atoms with van der Waals surface area (Å²) in [6, 6.07) is 15.9. The standard InChI is InChI=1S/C25H27FN4O2/c1-17(19-5-4-8-22(14-19)32-2)29-25(31)18-9-11-30(12-10-18)24-15-23(27-16-28-24)20-6-3-7-21(26)13-20/h3-8,13-18H,9-12H2,1-2H3,(H,29,31)/t17-/m1/s1. The van der Waals surface area contributed by atoms with Crippen LogP contribution in [0, 0.1) is 11.7 Å². The van der Waals surface area contributed by atoms with Crippen molar-refractivity contribution in [2.45, 2.75) is 25.8 Å². The van der Waals surface area contributed by atoms with E-state index in [-0.39, 0.29) is 23.7 Å². The topological polar surface area (TPSA) is 67.3 Å². The highest BCUT2D eigenvalue weighted by molar-refractivity contribution is 5.79. The molecule has 1 aromatic heterocycles. The van der Waals surface area contributed by atoms with Gasteiger partial charge in [-0.3, -0.25) is 4.79 Å². The summed E-state index contributed by atoms with van der Waals surface area (Å²) in [4.78, 5) is 23.7. The fourth-order valence-corrected chi connectivity index (χ4v) is 4.02. The molecule has 1 aliphatic heterocycles. The van der Waals surface area contributed by atoms with Crippen LogP contribution in [0.2, 0.25) is 0 Å². The van der Waals surface area contributed by atoms with Crippen LogP contribution in [0.5, 0.6) is 5.75 Å². The number of hydrogen-bond donors (Lipinski definition) is 1. The SMILES string of the molecule is COc1cccc([C@@H](C)NC(=O)C2CCN(c3cc(-c4cccc(F)c4)ncn3)CC2)c1. The van der Waals surface area contributed by atoms with E-state index in [1.54, 1.807) is 13.2 Å². The maximum Gasteiger partial charge on any atom is 0.223 e. The van der Waals surface area contributed by atoms with Crippen molar-refractivity contribution in [3.8, 4) is 17.0 Å². The Hall–Kier alpha value is -3.48. The zero-order valence-electron chi connectivity index (χ0n) is 18.3. The second-order valence-electron chi connectivity index (χ2n) is 8.04. The average Bonchev–Trinajstić information content (AvgIpc) is 2.84. The van der Waals surface area contributed by atoms with E-state index in [1.165, 1.54) is 18.5 Å². The molecule has 1 saturated heterocycles. The summed E-state index contributed by atoms with van der Waals surface area (Å²) in [6.07, 6.45) is 3.00. The molecular formula is C25H27FN4O2. The predicted octanol–water partition coefficient (Wildman–Crippen LogP) is 4.39. The van der Waals surface area contributed by atoms with E-state index in [2.05, 4.69) is 20.2 Å². The van der Waals surface area contributed by atoms with Crippen LogP contribution in [0.25, 0.3) is 11.3 Å². The summed E-state index contributed by atoms with van der Waals surface area (Å²) in [5, 5.41) is 3.13. The van der Waals surface area contributed by atoms with Crippen molar-refractivity contribution in [3.63, 3.8) is 0 Å². The molecule has 4 rings (SSSR count). The number of aromatic nitrogens is 2. The molecule has 6 nitrogen and oxygen atoms in total. The van der Waals surface area contributed by atoms with Crippen molar-refractivity contribution >= 4 is 11.7 Å². The monoisotopic (exact) mass is 434 g/mol. The lowest BCUT2D eigenvalue weighted by molar-refractivity contribution is -0.126. The van der Waals surface area contributed by atoms with E-state index in [0.717, 1.165) is 48.6 Å². The van der Waals surface area contributed by atoms with Crippen molar-refractivity contribution in [2.24, 2.45) is 5.92 Å². The summed E-state index contributed by atoms with van der Waals surface area (Å²) in [6.45, 7) is 3.44. The van der Waals surface area contributed by atoms with Gasteiger partial charge in [0.1, 0.15) is 23.7 Å². The molecule has 1 atom stereocenters. The molecule has 0 unspecified atom stereocenters. The van der Waals surface area contributed by atoms with Crippen LogP contribution in [0.3, 0.4) is 0 Å². The van der Waals surface area contributed by atoms with Gasteiger partial charge in [0.15, 0.2) is 0 Å². The van der Waals surface area contributed by atoms with Gasteiger partial charge in [0.05, 0.1) is 18.8 Å². The van der Waals surface area contributed by atoms with E-state index in [9.17, 15) is 9.18 Å². The zero-order chi connectivity index (χ0) is 22.5. The lowest BCUT2D eigenvalue weighted by Crippen LogP contribution is -2.41. The van der Waals surface area contributed by atoms with Crippen molar-refractivity contribution in [1.29, 1.82) is 0 Å². The third-order valence-electron chi connectivity index (χ3n) is 5.92. The van der Waals surface area contributed by atoms with Gasteiger partial charge in [0, 0.05) is 30.6 Å². The van der Waals surface area contributed by atoms with E-state index >= 15 is 0 Å². The molecule has 7 heteroatoms. The maximum atomic E-state index is 13.6. The lowest BCUT2D eigenvalue weighted by Gasteiger charge is -2.32. The van der Waals surface area contributed by atoms with Gasteiger partial charge < -0.3 is 15.0 Å². The van der Waals surface area contributed by atoms with Gasteiger partial charge in [-0.1, -0.05) is 24.3 Å². The Balaban J connectivity index is 1.36. The van der Waals surface area contributed by atoms with E-state index in [4.69, 9.17) is 4.74 Å². The molecule has 1 fully saturated rings. The minimum Gasteiger partial charge on any atom is -0.497 e. The van der Waals surface area contributed by atoms with Gasteiger partial charge in [0.2, 0.25) is 5.91 Å². The quantitative estimate of drug-likeness (QED) is 0.623. The first kappa shape index (κ1) is 21.7. The lowest BCUT2D eigenvalue weighted by atomic mass is 9.95. The number of halogens is 1. The molecule has 0 saturated carbocycles. The highest BCUT2D eigenvalue weighted by Crippen LogP contribution is 2.26. The second-order valence-corrected chi connectivity index (χ2v) is 8.04. The van der Waals surface area contributed by atoms with Crippen molar-refractivity contribution in [1.82, 2.24) is 15.3 Å². The number of methoxy groups -OCH3 is 1. The number of benzene rings is 2. The molecule has 1 amide bonds. The number of rotatable bonds is 6. The third-order valence-corrected chi connectivity index (χ3v) is 5.92. The Bertz CT molecular complexity index is 1080. The minimum absolute atomic E-state index is 0.0381. The van der Waals surface area contributed by atoms with Crippen LogP contribution in [-0.4, -0.2) is 36.1 Å².